The van der Waals surface area contributed by atoms with Crippen LogP contribution in [0.1, 0.15) is 6.92 Å². The number of hydrogen-bond acceptors (Lipinski definition) is 3. The third kappa shape index (κ3) is 3.21. The number of hydrogen-bond donors (Lipinski definition) is 1. The first kappa shape index (κ1) is 13.0. The molecule has 0 aliphatic rings. The molecule has 16 heavy (non-hydrogen) atoms. The van der Waals surface area contributed by atoms with Crippen molar-refractivity contribution in [3.05, 3.63) is 29.3 Å². The van der Waals surface area contributed by atoms with Crippen LogP contribution in [0.15, 0.2) is 24.3 Å². The van der Waals surface area contributed by atoms with Crippen molar-refractivity contribution < 1.29 is 13.2 Å². The van der Waals surface area contributed by atoms with E-state index in [1.165, 1.54) is 6.92 Å². The van der Waals surface area contributed by atoms with E-state index >= 15 is 0 Å². The second kappa shape index (κ2) is 4.84. The van der Waals surface area contributed by atoms with Gasteiger partial charge in [-0.25, -0.2) is 8.42 Å². The lowest BCUT2D eigenvalue weighted by atomic mass is 10.3. The Morgan fingerprint density at radius 2 is 1.94 bits per heavy atom. The normalized spacial score (nSPS) is 13.2. The minimum atomic E-state index is -3.39. The summed E-state index contributed by atoms with van der Waals surface area (Å²) in [6.07, 6.45) is 1.02. The minimum Gasteiger partial charge on any atom is -0.324 e. The zero-order valence-electron chi connectivity index (χ0n) is 8.90. The molecule has 1 amide bonds. The van der Waals surface area contributed by atoms with Crippen LogP contribution in [0.25, 0.3) is 0 Å². The molecule has 0 fully saturated rings. The lowest BCUT2D eigenvalue weighted by molar-refractivity contribution is -0.115. The molecule has 0 heterocycles. The van der Waals surface area contributed by atoms with Crippen molar-refractivity contribution in [2.45, 2.75) is 12.2 Å². The Balaban J connectivity index is 2.84. The van der Waals surface area contributed by atoms with Crippen molar-refractivity contribution in [3.63, 3.8) is 0 Å². The molecule has 0 unspecified atom stereocenters. The van der Waals surface area contributed by atoms with Crippen LogP contribution in [0.5, 0.6) is 0 Å². The van der Waals surface area contributed by atoms with Crippen molar-refractivity contribution in [1.29, 1.82) is 0 Å². The zero-order valence-corrected chi connectivity index (χ0v) is 10.5. The molecule has 0 aliphatic carbocycles. The van der Waals surface area contributed by atoms with Crippen molar-refractivity contribution in [2.24, 2.45) is 0 Å². The Labute approximate surface area is 99.5 Å². The summed E-state index contributed by atoms with van der Waals surface area (Å²) >= 11 is 5.82. The molecular weight excluding hydrogens is 250 g/mol. The van der Waals surface area contributed by atoms with Crippen LogP contribution < -0.4 is 5.32 Å². The van der Waals surface area contributed by atoms with E-state index in [1.54, 1.807) is 24.3 Å². The standard InChI is InChI=1S/C10H12ClNO3S/c1-7(16(2,14)15)10(13)12-9-6-4-3-5-8(9)11/h3-7H,1-2H3,(H,12,13)/t7-/m0/s1. The van der Waals surface area contributed by atoms with Crippen molar-refractivity contribution in [2.75, 3.05) is 11.6 Å². The summed E-state index contributed by atoms with van der Waals surface area (Å²) in [5.41, 5.74) is 0.407. The fourth-order valence-corrected chi connectivity index (χ4v) is 1.62. The van der Waals surface area contributed by atoms with Gasteiger partial charge >= 0.3 is 0 Å². The molecule has 0 aliphatic heterocycles. The Hall–Kier alpha value is -1.07. The molecule has 1 N–H and O–H groups in total. The molecule has 0 saturated heterocycles. The number of amides is 1. The van der Waals surface area contributed by atoms with E-state index in [9.17, 15) is 13.2 Å². The van der Waals surface area contributed by atoms with Gasteiger partial charge in [0.25, 0.3) is 0 Å². The maximum Gasteiger partial charge on any atom is 0.242 e. The summed E-state index contributed by atoms with van der Waals surface area (Å²) in [4.78, 5) is 11.6. The highest BCUT2D eigenvalue weighted by atomic mass is 35.5. The van der Waals surface area contributed by atoms with E-state index in [4.69, 9.17) is 11.6 Å². The van der Waals surface area contributed by atoms with Crippen LogP contribution in [0.3, 0.4) is 0 Å². The van der Waals surface area contributed by atoms with Crippen LogP contribution in [0.2, 0.25) is 5.02 Å². The SMILES string of the molecule is C[C@@H](C(=O)Nc1ccccc1Cl)S(C)(=O)=O. The van der Waals surface area contributed by atoms with Gasteiger partial charge in [-0.15, -0.1) is 0 Å². The number of halogens is 1. The van der Waals surface area contributed by atoms with Gasteiger partial charge in [-0.3, -0.25) is 4.79 Å². The zero-order chi connectivity index (χ0) is 12.3. The molecule has 88 valence electrons. The first-order valence-corrected chi connectivity index (χ1v) is 6.90. The predicted molar refractivity (Wildman–Crippen MR) is 64.4 cm³/mol. The van der Waals surface area contributed by atoms with E-state index in [-0.39, 0.29) is 0 Å². The number of anilines is 1. The lowest BCUT2D eigenvalue weighted by Crippen LogP contribution is -2.31. The average molecular weight is 262 g/mol. The number of carbonyl (C=O) groups excluding carboxylic acids is 1. The highest BCUT2D eigenvalue weighted by Gasteiger charge is 2.23. The molecule has 1 atom stereocenters. The quantitative estimate of drug-likeness (QED) is 0.901. The summed E-state index contributed by atoms with van der Waals surface area (Å²) in [7, 11) is -3.39. The van der Waals surface area contributed by atoms with Gasteiger partial charge in [0.1, 0.15) is 5.25 Å². The Bertz CT molecular complexity index is 499. The Kier molecular flexibility index (Phi) is 3.93. The van der Waals surface area contributed by atoms with E-state index in [0.717, 1.165) is 6.26 Å². The molecular formula is C10H12ClNO3S. The molecule has 0 bridgehead atoms. The Morgan fingerprint density at radius 3 is 2.44 bits per heavy atom. The number of rotatable bonds is 3. The van der Waals surface area contributed by atoms with Crippen molar-refractivity contribution >= 4 is 33.0 Å². The molecule has 1 aromatic carbocycles. The maximum absolute atomic E-state index is 11.6. The van der Waals surface area contributed by atoms with E-state index < -0.39 is 21.0 Å². The Morgan fingerprint density at radius 1 is 1.38 bits per heavy atom. The van der Waals surface area contributed by atoms with Crippen molar-refractivity contribution in [1.82, 2.24) is 0 Å². The van der Waals surface area contributed by atoms with Gasteiger partial charge in [-0.05, 0) is 19.1 Å². The number of sulfone groups is 1. The summed E-state index contributed by atoms with van der Waals surface area (Å²) in [5.74, 6) is -0.587. The van der Waals surface area contributed by atoms with Crippen molar-refractivity contribution in [3.8, 4) is 0 Å². The van der Waals surface area contributed by atoms with Crippen LogP contribution in [0.4, 0.5) is 5.69 Å². The first-order valence-electron chi connectivity index (χ1n) is 4.56. The minimum absolute atomic E-state index is 0.372. The molecule has 6 heteroatoms. The molecule has 0 aromatic heterocycles. The molecule has 0 radical (unpaired) electrons. The summed E-state index contributed by atoms with van der Waals surface area (Å²) < 4.78 is 22.3. The molecule has 1 rings (SSSR count). The predicted octanol–water partition coefficient (Wildman–Crippen LogP) is 1.71. The number of nitrogens with one attached hydrogen (secondary N) is 1. The fraction of sp³-hybridized carbons (Fsp3) is 0.300. The topological polar surface area (TPSA) is 63.2 Å². The molecule has 1 aromatic rings. The summed E-state index contributed by atoms with van der Waals surface area (Å²) in [5, 5.41) is 1.74. The third-order valence-electron chi connectivity index (χ3n) is 2.14. The molecule has 0 spiro atoms. The number of para-hydroxylation sites is 1. The van der Waals surface area contributed by atoms with Crippen LogP contribution in [0, 0.1) is 0 Å². The van der Waals surface area contributed by atoms with Gasteiger partial charge < -0.3 is 5.32 Å². The first-order chi connectivity index (χ1) is 7.32. The summed E-state index contributed by atoms with van der Waals surface area (Å²) in [6, 6.07) is 6.64. The highest BCUT2D eigenvalue weighted by Crippen LogP contribution is 2.20. The van der Waals surface area contributed by atoms with E-state index in [2.05, 4.69) is 5.32 Å². The van der Waals surface area contributed by atoms with Gasteiger partial charge in [0.15, 0.2) is 9.84 Å². The van der Waals surface area contributed by atoms with Crippen LogP contribution in [-0.2, 0) is 14.6 Å². The van der Waals surface area contributed by atoms with E-state index in [1.807, 2.05) is 0 Å². The second-order valence-electron chi connectivity index (χ2n) is 3.44. The second-order valence-corrected chi connectivity index (χ2v) is 6.21. The molecule has 0 saturated carbocycles. The van der Waals surface area contributed by atoms with Crippen LogP contribution >= 0.6 is 11.6 Å². The highest BCUT2D eigenvalue weighted by molar-refractivity contribution is 7.92. The monoisotopic (exact) mass is 261 g/mol. The van der Waals surface area contributed by atoms with Crippen LogP contribution in [-0.4, -0.2) is 25.8 Å². The summed E-state index contributed by atoms with van der Waals surface area (Å²) in [6.45, 7) is 1.33. The lowest BCUT2D eigenvalue weighted by Gasteiger charge is -2.11. The van der Waals surface area contributed by atoms with Gasteiger partial charge in [0, 0.05) is 6.26 Å². The molecule has 4 nitrogen and oxygen atoms in total. The number of benzene rings is 1. The van der Waals surface area contributed by atoms with E-state index in [0.29, 0.717) is 10.7 Å². The van der Waals surface area contributed by atoms with Gasteiger partial charge in [0.05, 0.1) is 10.7 Å². The maximum atomic E-state index is 11.6. The average Bonchev–Trinajstić information content (AvgIpc) is 2.19. The fourth-order valence-electron chi connectivity index (χ4n) is 0.991. The van der Waals surface area contributed by atoms with Gasteiger partial charge in [0.2, 0.25) is 5.91 Å². The number of carbonyl (C=O) groups is 1. The van der Waals surface area contributed by atoms with Gasteiger partial charge in [-0.2, -0.15) is 0 Å². The smallest absolute Gasteiger partial charge is 0.242 e. The van der Waals surface area contributed by atoms with Gasteiger partial charge in [-0.1, -0.05) is 23.7 Å². The third-order valence-corrected chi connectivity index (χ3v) is 3.97. The largest absolute Gasteiger partial charge is 0.324 e.